The van der Waals surface area contributed by atoms with Crippen LogP contribution in [0.25, 0.3) is 5.78 Å². The standard InChI is InChI=1S/C14H19N5O2/c1-10-5-12(19-13(17-10)15-9-16-19)18-7-14(8-18)6-11(20-2)3-4-21-14/h5,9,11H,3-4,6-8H2,1-2H3/t11-/m1/s1. The Balaban J connectivity index is 1.58. The van der Waals surface area contributed by atoms with Crippen molar-refractivity contribution in [1.82, 2.24) is 19.6 Å². The Kier molecular flexibility index (Phi) is 2.87. The van der Waals surface area contributed by atoms with Crippen LogP contribution in [0.1, 0.15) is 18.5 Å². The Morgan fingerprint density at radius 3 is 3.10 bits per heavy atom. The molecule has 0 aliphatic carbocycles. The van der Waals surface area contributed by atoms with E-state index in [-0.39, 0.29) is 5.60 Å². The van der Waals surface area contributed by atoms with Gasteiger partial charge in [0.05, 0.1) is 19.2 Å². The topological polar surface area (TPSA) is 64.8 Å². The minimum absolute atomic E-state index is 0.0665. The molecule has 7 nitrogen and oxygen atoms in total. The molecule has 1 atom stereocenters. The molecule has 1 spiro atoms. The molecule has 2 aliphatic heterocycles. The first-order valence-corrected chi connectivity index (χ1v) is 7.28. The summed E-state index contributed by atoms with van der Waals surface area (Å²) in [5, 5.41) is 4.26. The molecule has 2 aromatic heterocycles. The van der Waals surface area contributed by atoms with E-state index in [2.05, 4.69) is 20.0 Å². The molecule has 7 heteroatoms. The number of ether oxygens (including phenoxy) is 2. The summed E-state index contributed by atoms with van der Waals surface area (Å²) in [7, 11) is 1.78. The molecule has 4 rings (SSSR count). The lowest BCUT2D eigenvalue weighted by Crippen LogP contribution is -2.66. The fourth-order valence-corrected chi connectivity index (χ4v) is 3.35. The lowest BCUT2D eigenvalue weighted by atomic mass is 9.84. The predicted octanol–water partition coefficient (Wildman–Crippen LogP) is 0.817. The second kappa shape index (κ2) is 4.64. The van der Waals surface area contributed by atoms with Crippen molar-refractivity contribution in [3.63, 3.8) is 0 Å². The van der Waals surface area contributed by atoms with Crippen molar-refractivity contribution in [1.29, 1.82) is 0 Å². The molecule has 0 radical (unpaired) electrons. The van der Waals surface area contributed by atoms with Crippen LogP contribution >= 0.6 is 0 Å². The molecule has 0 N–H and O–H groups in total. The first-order chi connectivity index (χ1) is 10.2. The van der Waals surface area contributed by atoms with Gasteiger partial charge in [-0.2, -0.15) is 14.6 Å². The number of hydrogen-bond acceptors (Lipinski definition) is 6. The molecule has 2 fully saturated rings. The molecule has 0 bridgehead atoms. The van der Waals surface area contributed by atoms with Gasteiger partial charge in [-0.15, -0.1) is 0 Å². The summed E-state index contributed by atoms with van der Waals surface area (Å²) >= 11 is 0. The molecule has 2 saturated heterocycles. The monoisotopic (exact) mass is 289 g/mol. The molecular weight excluding hydrogens is 270 g/mol. The number of hydrogen-bond donors (Lipinski definition) is 0. The molecule has 0 unspecified atom stereocenters. The van der Waals surface area contributed by atoms with Gasteiger partial charge in [0, 0.05) is 31.9 Å². The van der Waals surface area contributed by atoms with Gasteiger partial charge in [-0.25, -0.2) is 4.98 Å². The van der Waals surface area contributed by atoms with E-state index in [0.717, 1.165) is 44.0 Å². The highest BCUT2D eigenvalue weighted by Crippen LogP contribution is 2.37. The lowest BCUT2D eigenvalue weighted by molar-refractivity contribution is -0.138. The zero-order chi connectivity index (χ0) is 14.4. The van der Waals surface area contributed by atoms with E-state index in [4.69, 9.17) is 9.47 Å². The van der Waals surface area contributed by atoms with Gasteiger partial charge in [0.25, 0.3) is 5.78 Å². The van der Waals surface area contributed by atoms with Crippen molar-refractivity contribution >= 4 is 11.6 Å². The molecule has 2 aromatic rings. The second-order valence-electron chi connectivity index (χ2n) is 5.97. The van der Waals surface area contributed by atoms with Crippen molar-refractivity contribution < 1.29 is 9.47 Å². The Hall–Kier alpha value is -1.73. The van der Waals surface area contributed by atoms with Crippen LogP contribution in [0.5, 0.6) is 0 Å². The van der Waals surface area contributed by atoms with Crippen LogP contribution in [-0.2, 0) is 9.47 Å². The highest BCUT2D eigenvalue weighted by Gasteiger charge is 2.48. The minimum Gasteiger partial charge on any atom is -0.381 e. The van der Waals surface area contributed by atoms with Crippen LogP contribution in [0, 0.1) is 6.92 Å². The third-order valence-corrected chi connectivity index (χ3v) is 4.42. The SMILES string of the molecule is CO[C@@H]1CCOC2(C1)CN(c1cc(C)nc3ncnn13)C2. The van der Waals surface area contributed by atoms with Crippen LogP contribution in [0.4, 0.5) is 5.82 Å². The smallest absolute Gasteiger partial charge is 0.254 e. The van der Waals surface area contributed by atoms with Crippen molar-refractivity contribution in [2.24, 2.45) is 0 Å². The van der Waals surface area contributed by atoms with E-state index in [1.807, 2.05) is 13.0 Å². The first-order valence-electron chi connectivity index (χ1n) is 7.28. The Morgan fingerprint density at radius 2 is 2.29 bits per heavy atom. The summed E-state index contributed by atoms with van der Waals surface area (Å²) in [5.74, 6) is 1.68. The van der Waals surface area contributed by atoms with E-state index in [0.29, 0.717) is 11.9 Å². The zero-order valence-corrected chi connectivity index (χ0v) is 12.3. The van der Waals surface area contributed by atoms with Gasteiger partial charge >= 0.3 is 0 Å². The van der Waals surface area contributed by atoms with Crippen molar-refractivity contribution in [3.05, 3.63) is 18.1 Å². The second-order valence-corrected chi connectivity index (χ2v) is 5.97. The van der Waals surface area contributed by atoms with Crippen LogP contribution in [0.15, 0.2) is 12.4 Å². The molecular formula is C14H19N5O2. The average Bonchev–Trinajstić information content (AvgIpc) is 2.92. The van der Waals surface area contributed by atoms with Crippen LogP contribution < -0.4 is 4.90 Å². The maximum Gasteiger partial charge on any atom is 0.254 e. The quantitative estimate of drug-likeness (QED) is 0.815. The fraction of sp³-hybridized carbons (Fsp3) is 0.643. The summed E-state index contributed by atoms with van der Waals surface area (Å²) in [6.07, 6.45) is 3.80. The average molecular weight is 289 g/mol. The lowest BCUT2D eigenvalue weighted by Gasteiger charge is -2.53. The van der Waals surface area contributed by atoms with Gasteiger partial charge in [0.15, 0.2) is 0 Å². The normalized spacial score (nSPS) is 24.5. The van der Waals surface area contributed by atoms with E-state index in [1.54, 1.807) is 18.0 Å². The molecule has 21 heavy (non-hydrogen) atoms. The Labute approximate surface area is 122 Å². The number of aryl methyl sites for hydroxylation is 1. The number of methoxy groups -OCH3 is 1. The third-order valence-electron chi connectivity index (χ3n) is 4.42. The van der Waals surface area contributed by atoms with Gasteiger partial charge < -0.3 is 14.4 Å². The van der Waals surface area contributed by atoms with Crippen molar-refractivity contribution in [3.8, 4) is 0 Å². The van der Waals surface area contributed by atoms with Gasteiger partial charge in [0.2, 0.25) is 0 Å². The van der Waals surface area contributed by atoms with Crippen LogP contribution in [0.3, 0.4) is 0 Å². The highest BCUT2D eigenvalue weighted by molar-refractivity contribution is 5.50. The molecule has 4 heterocycles. The highest BCUT2D eigenvalue weighted by atomic mass is 16.5. The van der Waals surface area contributed by atoms with Crippen molar-refractivity contribution in [2.45, 2.75) is 31.5 Å². The number of anilines is 1. The van der Waals surface area contributed by atoms with Gasteiger partial charge in [0.1, 0.15) is 17.7 Å². The Bertz CT molecular complexity index is 664. The van der Waals surface area contributed by atoms with E-state index in [1.165, 1.54) is 0 Å². The first kappa shape index (κ1) is 13.0. The fourth-order valence-electron chi connectivity index (χ4n) is 3.35. The zero-order valence-electron chi connectivity index (χ0n) is 12.3. The summed E-state index contributed by atoms with van der Waals surface area (Å²) in [6, 6.07) is 2.05. The number of fused-ring (bicyclic) bond motifs is 1. The summed E-state index contributed by atoms with van der Waals surface area (Å²) < 4.78 is 13.3. The maximum absolute atomic E-state index is 6.03. The number of rotatable bonds is 2. The maximum atomic E-state index is 6.03. The van der Waals surface area contributed by atoms with Crippen LogP contribution in [0.2, 0.25) is 0 Å². The van der Waals surface area contributed by atoms with E-state index in [9.17, 15) is 0 Å². The molecule has 0 saturated carbocycles. The number of aromatic nitrogens is 4. The summed E-state index contributed by atoms with van der Waals surface area (Å²) in [5.41, 5.74) is 0.883. The van der Waals surface area contributed by atoms with E-state index < -0.39 is 0 Å². The predicted molar refractivity (Wildman–Crippen MR) is 76.4 cm³/mol. The molecule has 0 aromatic carbocycles. The third kappa shape index (κ3) is 2.08. The Morgan fingerprint density at radius 1 is 1.43 bits per heavy atom. The van der Waals surface area contributed by atoms with Gasteiger partial charge in [-0.3, -0.25) is 0 Å². The van der Waals surface area contributed by atoms with Crippen molar-refractivity contribution in [2.75, 3.05) is 31.7 Å². The molecule has 112 valence electrons. The molecule has 2 aliphatic rings. The van der Waals surface area contributed by atoms with Gasteiger partial charge in [-0.1, -0.05) is 0 Å². The van der Waals surface area contributed by atoms with Crippen LogP contribution in [-0.4, -0.2) is 58.1 Å². The summed E-state index contributed by atoms with van der Waals surface area (Å²) in [4.78, 5) is 10.8. The molecule has 0 amide bonds. The largest absolute Gasteiger partial charge is 0.381 e. The minimum atomic E-state index is -0.0665. The van der Waals surface area contributed by atoms with E-state index >= 15 is 0 Å². The summed E-state index contributed by atoms with van der Waals surface area (Å²) in [6.45, 7) is 4.49. The number of nitrogens with zero attached hydrogens (tertiary/aromatic N) is 5. The van der Waals surface area contributed by atoms with Gasteiger partial charge in [-0.05, 0) is 13.3 Å².